The van der Waals surface area contributed by atoms with Gasteiger partial charge in [0.25, 0.3) is 0 Å². The summed E-state index contributed by atoms with van der Waals surface area (Å²) >= 11 is 3.74. The Labute approximate surface area is 100 Å². The molecule has 2 nitrogen and oxygen atoms in total. The normalized spacial score (nSPS) is 12.9. The van der Waals surface area contributed by atoms with Crippen molar-refractivity contribution in [1.82, 2.24) is 5.32 Å². The second-order valence-corrected chi connectivity index (χ2v) is 5.38. The van der Waals surface area contributed by atoms with E-state index < -0.39 is 0 Å². The van der Waals surface area contributed by atoms with Crippen molar-refractivity contribution in [2.75, 3.05) is 26.0 Å². The molecule has 0 radical (unpaired) electrons. The van der Waals surface area contributed by atoms with Gasteiger partial charge in [0.05, 0.1) is 6.61 Å². The number of ether oxygens (including phenoxy) is 1. The molecule has 0 saturated carbocycles. The highest BCUT2D eigenvalue weighted by Gasteiger charge is 1.99. The molecule has 1 N–H and O–H groups in total. The summed E-state index contributed by atoms with van der Waals surface area (Å²) in [7, 11) is 1.74. The predicted octanol–water partition coefficient (Wildman–Crippen LogP) is 2.61. The fraction of sp³-hybridized carbons (Fsp3) is 0.636. The van der Waals surface area contributed by atoms with E-state index in [1.54, 1.807) is 18.4 Å². The molecule has 0 aliphatic rings. The zero-order valence-electron chi connectivity index (χ0n) is 9.36. The van der Waals surface area contributed by atoms with Gasteiger partial charge in [0.1, 0.15) is 0 Å². The van der Waals surface area contributed by atoms with Crippen LogP contribution in [0.4, 0.5) is 0 Å². The minimum absolute atomic E-state index is 0.455. The molecule has 0 saturated heterocycles. The Hall–Kier alpha value is -0.0300. The third kappa shape index (κ3) is 6.20. The number of hydrogen-bond donors (Lipinski definition) is 1. The smallest absolute Gasteiger partial charge is 0.0613 e. The quantitative estimate of drug-likeness (QED) is 0.711. The summed E-state index contributed by atoms with van der Waals surface area (Å²) < 4.78 is 5.05. The minimum atomic E-state index is 0.455. The van der Waals surface area contributed by atoms with Crippen molar-refractivity contribution < 1.29 is 4.74 Å². The molecule has 0 fully saturated rings. The van der Waals surface area contributed by atoms with Crippen LogP contribution in [0.3, 0.4) is 0 Å². The molecule has 1 rings (SSSR count). The molecule has 0 aliphatic heterocycles. The molecular weight excluding hydrogens is 226 g/mol. The van der Waals surface area contributed by atoms with Crippen LogP contribution in [-0.2, 0) is 10.5 Å². The summed E-state index contributed by atoms with van der Waals surface area (Å²) in [5.41, 5.74) is 1.44. The lowest BCUT2D eigenvalue weighted by atomic mass is 10.4. The monoisotopic (exact) mass is 245 g/mol. The van der Waals surface area contributed by atoms with Crippen molar-refractivity contribution in [2.24, 2.45) is 0 Å². The van der Waals surface area contributed by atoms with E-state index in [4.69, 9.17) is 4.74 Å². The molecule has 0 aliphatic carbocycles. The largest absolute Gasteiger partial charge is 0.383 e. The predicted molar refractivity (Wildman–Crippen MR) is 69.8 cm³/mol. The van der Waals surface area contributed by atoms with Crippen molar-refractivity contribution in [1.29, 1.82) is 0 Å². The van der Waals surface area contributed by atoms with Gasteiger partial charge >= 0.3 is 0 Å². The lowest BCUT2D eigenvalue weighted by Crippen LogP contribution is -2.31. The fourth-order valence-electron chi connectivity index (χ4n) is 1.25. The molecule has 1 aromatic heterocycles. The standard InChI is InChI=1S/C11H19NOS2/c1-10(7-13-2)12-4-6-15-9-11-3-5-14-8-11/h3,5,8,10,12H,4,6-7,9H2,1-2H3. The number of methoxy groups -OCH3 is 1. The average molecular weight is 245 g/mol. The number of thioether (sulfide) groups is 1. The van der Waals surface area contributed by atoms with Gasteiger partial charge in [-0.15, -0.1) is 0 Å². The number of hydrogen-bond acceptors (Lipinski definition) is 4. The van der Waals surface area contributed by atoms with E-state index in [0.29, 0.717) is 6.04 Å². The molecule has 0 bridgehead atoms. The number of rotatable bonds is 8. The summed E-state index contributed by atoms with van der Waals surface area (Å²) in [6, 6.07) is 2.65. The van der Waals surface area contributed by atoms with E-state index >= 15 is 0 Å². The third-order valence-corrected chi connectivity index (χ3v) is 3.77. The van der Waals surface area contributed by atoms with Crippen LogP contribution >= 0.6 is 23.1 Å². The van der Waals surface area contributed by atoms with Gasteiger partial charge in [-0.05, 0) is 29.3 Å². The maximum atomic E-state index is 5.05. The first kappa shape index (κ1) is 13.0. The van der Waals surface area contributed by atoms with Crippen molar-refractivity contribution in [3.05, 3.63) is 22.4 Å². The summed E-state index contributed by atoms with van der Waals surface area (Å²) in [5.74, 6) is 2.29. The van der Waals surface area contributed by atoms with Crippen LogP contribution < -0.4 is 5.32 Å². The van der Waals surface area contributed by atoms with Crippen LogP contribution in [0.1, 0.15) is 12.5 Å². The number of nitrogens with one attached hydrogen (secondary N) is 1. The van der Waals surface area contributed by atoms with Crippen LogP contribution in [0.5, 0.6) is 0 Å². The first-order chi connectivity index (χ1) is 7.33. The van der Waals surface area contributed by atoms with E-state index in [-0.39, 0.29) is 0 Å². The Morgan fingerprint density at radius 2 is 2.47 bits per heavy atom. The van der Waals surface area contributed by atoms with Gasteiger partial charge in [0.15, 0.2) is 0 Å². The number of thiophene rings is 1. The lowest BCUT2D eigenvalue weighted by Gasteiger charge is -2.11. The molecule has 4 heteroatoms. The molecule has 0 amide bonds. The van der Waals surface area contributed by atoms with Gasteiger partial charge in [-0.1, -0.05) is 0 Å². The molecule has 86 valence electrons. The molecule has 15 heavy (non-hydrogen) atoms. The van der Waals surface area contributed by atoms with E-state index in [2.05, 4.69) is 29.1 Å². The lowest BCUT2D eigenvalue weighted by molar-refractivity contribution is 0.173. The molecule has 1 atom stereocenters. The first-order valence-electron chi connectivity index (χ1n) is 5.14. The van der Waals surface area contributed by atoms with Gasteiger partial charge < -0.3 is 10.1 Å². The minimum Gasteiger partial charge on any atom is -0.383 e. The highest BCUT2D eigenvalue weighted by Crippen LogP contribution is 2.14. The maximum absolute atomic E-state index is 5.05. The van der Waals surface area contributed by atoms with Crippen LogP contribution in [-0.4, -0.2) is 32.1 Å². The van der Waals surface area contributed by atoms with Crippen LogP contribution in [0.25, 0.3) is 0 Å². The van der Waals surface area contributed by atoms with Crippen molar-refractivity contribution >= 4 is 23.1 Å². The highest BCUT2D eigenvalue weighted by molar-refractivity contribution is 7.98. The maximum Gasteiger partial charge on any atom is 0.0613 e. The van der Waals surface area contributed by atoms with Gasteiger partial charge in [0, 0.05) is 31.2 Å². The Balaban J connectivity index is 1.93. The van der Waals surface area contributed by atoms with Gasteiger partial charge in [-0.25, -0.2) is 0 Å². The van der Waals surface area contributed by atoms with Crippen LogP contribution in [0, 0.1) is 0 Å². The van der Waals surface area contributed by atoms with E-state index in [0.717, 1.165) is 24.7 Å². The molecule has 0 spiro atoms. The summed E-state index contributed by atoms with van der Waals surface area (Å²) in [5, 5.41) is 7.77. The van der Waals surface area contributed by atoms with Gasteiger partial charge in [-0.2, -0.15) is 23.1 Å². The average Bonchev–Trinajstić information content (AvgIpc) is 2.70. The van der Waals surface area contributed by atoms with Crippen molar-refractivity contribution in [2.45, 2.75) is 18.7 Å². The Morgan fingerprint density at radius 3 is 3.13 bits per heavy atom. The summed E-state index contributed by atoms with van der Waals surface area (Å²) in [6.45, 7) is 3.99. The summed E-state index contributed by atoms with van der Waals surface area (Å²) in [6.07, 6.45) is 0. The molecule has 1 unspecified atom stereocenters. The molecule has 1 aromatic rings. The zero-order chi connectivity index (χ0) is 10.9. The van der Waals surface area contributed by atoms with Crippen LogP contribution in [0.15, 0.2) is 16.8 Å². The van der Waals surface area contributed by atoms with Crippen molar-refractivity contribution in [3.8, 4) is 0 Å². The molecular formula is C11H19NOS2. The molecule has 0 aromatic carbocycles. The SMILES string of the molecule is COCC(C)NCCSCc1ccsc1. The second kappa shape index (κ2) is 8.16. The van der Waals surface area contributed by atoms with E-state index in [1.165, 1.54) is 5.56 Å². The first-order valence-corrected chi connectivity index (χ1v) is 7.24. The second-order valence-electron chi connectivity index (χ2n) is 3.49. The topological polar surface area (TPSA) is 21.3 Å². The Morgan fingerprint density at radius 1 is 1.60 bits per heavy atom. The van der Waals surface area contributed by atoms with Gasteiger partial charge in [0.2, 0.25) is 0 Å². The van der Waals surface area contributed by atoms with Crippen molar-refractivity contribution in [3.63, 3.8) is 0 Å². The van der Waals surface area contributed by atoms with E-state index in [9.17, 15) is 0 Å². The third-order valence-electron chi connectivity index (χ3n) is 2.00. The Bertz CT molecular complexity index is 239. The van der Waals surface area contributed by atoms with E-state index in [1.807, 2.05) is 11.8 Å². The Kier molecular flexibility index (Phi) is 7.09. The molecule has 1 heterocycles. The summed E-state index contributed by atoms with van der Waals surface area (Å²) in [4.78, 5) is 0. The van der Waals surface area contributed by atoms with Crippen LogP contribution in [0.2, 0.25) is 0 Å². The fourth-order valence-corrected chi connectivity index (χ4v) is 2.85. The highest BCUT2D eigenvalue weighted by atomic mass is 32.2. The zero-order valence-corrected chi connectivity index (χ0v) is 11.0. The van der Waals surface area contributed by atoms with Gasteiger partial charge in [-0.3, -0.25) is 0 Å².